The number of rotatable bonds is 10. The molecular weight excluding hydrogens is 414 g/mol. The lowest BCUT2D eigenvalue weighted by Gasteiger charge is -2.17. The molecule has 0 bridgehead atoms. The van der Waals surface area contributed by atoms with Gasteiger partial charge < -0.3 is 19.4 Å². The van der Waals surface area contributed by atoms with E-state index in [-0.39, 0.29) is 18.6 Å². The second kappa shape index (κ2) is 10.7. The molecule has 6 nitrogen and oxygen atoms in total. The minimum Gasteiger partial charge on any atom is -0.494 e. The summed E-state index contributed by atoms with van der Waals surface area (Å²) in [5, 5.41) is 3.01. The quantitative estimate of drug-likeness (QED) is 0.348. The molecule has 0 saturated heterocycles. The number of aromatic nitrogens is 2. The van der Waals surface area contributed by atoms with Gasteiger partial charge in [-0.3, -0.25) is 4.79 Å². The molecule has 4 aromatic rings. The first-order chi connectivity index (χ1) is 16.1. The van der Waals surface area contributed by atoms with Gasteiger partial charge in [-0.25, -0.2) is 4.98 Å². The Balaban J connectivity index is 1.39. The maximum absolute atomic E-state index is 12.5. The van der Waals surface area contributed by atoms with Crippen molar-refractivity contribution in [3.63, 3.8) is 0 Å². The fraction of sp³-hybridized carbons (Fsp3) is 0.259. The maximum Gasteiger partial charge on any atom is 0.258 e. The molecule has 1 aromatic heterocycles. The van der Waals surface area contributed by atoms with Gasteiger partial charge in [0, 0.05) is 6.54 Å². The van der Waals surface area contributed by atoms with Crippen molar-refractivity contribution in [2.24, 2.45) is 0 Å². The topological polar surface area (TPSA) is 65.4 Å². The van der Waals surface area contributed by atoms with Crippen molar-refractivity contribution in [2.75, 3.05) is 13.2 Å². The summed E-state index contributed by atoms with van der Waals surface area (Å²) in [6, 6.07) is 25.1. The van der Waals surface area contributed by atoms with Gasteiger partial charge in [-0.2, -0.15) is 0 Å². The number of para-hydroxylation sites is 3. The zero-order valence-corrected chi connectivity index (χ0v) is 19.0. The van der Waals surface area contributed by atoms with Gasteiger partial charge in [0.25, 0.3) is 5.91 Å². The normalized spacial score (nSPS) is 11.8. The van der Waals surface area contributed by atoms with Crippen molar-refractivity contribution < 1.29 is 14.3 Å². The van der Waals surface area contributed by atoms with E-state index >= 15 is 0 Å². The molecule has 1 atom stereocenters. The van der Waals surface area contributed by atoms with Gasteiger partial charge in [0.2, 0.25) is 0 Å². The molecule has 4 rings (SSSR count). The number of carbonyl (C=O) groups excluding carboxylic acids is 1. The molecule has 0 fully saturated rings. The average Bonchev–Trinajstić information content (AvgIpc) is 3.20. The smallest absolute Gasteiger partial charge is 0.258 e. The summed E-state index contributed by atoms with van der Waals surface area (Å²) in [4.78, 5) is 17.3. The van der Waals surface area contributed by atoms with Crippen LogP contribution in [-0.2, 0) is 11.3 Å². The number of benzene rings is 3. The number of hydrogen-bond donors (Lipinski definition) is 1. The van der Waals surface area contributed by atoms with Crippen molar-refractivity contribution >= 4 is 16.9 Å². The van der Waals surface area contributed by atoms with Gasteiger partial charge in [0.05, 0.1) is 23.7 Å². The molecule has 33 heavy (non-hydrogen) atoms. The van der Waals surface area contributed by atoms with Crippen LogP contribution in [0.15, 0.2) is 78.9 Å². The van der Waals surface area contributed by atoms with Gasteiger partial charge >= 0.3 is 0 Å². The standard InChI is InChI=1S/C27H29N3O3/c1-20-10-8-13-23(18-20)32-17-9-16-30-25-15-7-6-14-24(25)29-27(30)21(2)28-26(31)19-33-22-11-4-3-5-12-22/h3-8,10-15,18,21H,9,16-17,19H2,1-2H3,(H,28,31). The molecular formula is C27H29N3O3. The largest absolute Gasteiger partial charge is 0.494 e. The van der Waals surface area contributed by atoms with Gasteiger partial charge in [-0.05, 0) is 62.2 Å². The van der Waals surface area contributed by atoms with Gasteiger partial charge in [0.1, 0.15) is 17.3 Å². The Labute approximate surface area is 194 Å². The predicted molar refractivity (Wildman–Crippen MR) is 130 cm³/mol. The highest BCUT2D eigenvalue weighted by Crippen LogP contribution is 2.22. The van der Waals surface area contributed by atoms with E-state index in [1.54, 1.807) is 0 Å². The third-order valence-corrected chi connectivity index (χ3v) is 5.35. The number of aryl methyl sites for hydroxylation is 2. The number of nitrogens with zero attached hydrogens (tertiary/aromatic N) is 2. The Morgan fingerprint density at radius 3 is 2.55 bits per heavy atom. The summed E-state index contributed by atoms with van der Waals surface area (Å²) in [6.45, 7) is 5.29. The number of nitrogens with one attached hydrogen (secondary N) is 1. The molecule has 0 saturated carbocycles. The zero-order chi connectivity index (χ0) is 23.0. The highest BCUT2D eigenvalue weighted by Gasteiger charge is 2.18. The third kappa shape index (κ3) is 5.92. The van der Waals surface area contributed by atoms with E-state index in [0.717, 1.165) is 35.6 Å². The number of hydrogen-bond acceptors (Lipinski definition) is 4. The van der Waals surface area contributed by atoms with Crippen molar-refractivity contribution in [1.29, 1.82) is 0 Å². The fourth-order valence-corrected chi connectivity index (χ4v) is 3.79. The molecule has 0 spiro atoms. The zero-order valence-electron chi connectivity index (χ0n) is 19.0. The van der Waals surface area contributed by atoms with Crippen LogP contribution in [0.25, 0.3) is 11.0 Å². The first-order valence-corrected chi connectivity index (χ1v) is 11.2. The number of imidazole rings is 1. The summed E-state index contributed by atoms with van der Waals surface area (Å²) in [7, 11) is 0. The average molecular weight is 444 g/mol. The van der Waals surface area contributed by atoms with Crippen molar-refractivity contribution in [2.45, 2.75) is 32.9 Å². The first kappa shape index (κ1) is 22.4. The predicted octanol–water partition coefficient (Wildman–Crippen LogP) is 5.07. The van der Waals surface area contributed by atoms with Crippen LogP contribution in [0.3, 0.4) is 0 Å². The van der Waals surface area contributed by atoms with E-state index in [2.05, 4.69) is 28.9 Å². The number of carbonyl (C=O) groups is 1. The molecule has 1 unspecified atom stereocenters. The lowest BCUT2D eigenvalue weighted by molar-refractivity contribution is -0.123. The van der Waals surface area contributed by atoms with Crippen LogP contribution in [-0.4, -0.2) is 28.7 Å². The Kier molecular flexibility index (Phi) is 7.25. The van der Waals surface area contributed by atoms with E-state index in [1.807, 2.05) is 73.7 Å². The van der Waals surface area contributed by atoms with Gasteiger partial charge in [0.15, 0.2) is 6.61 Å². The lowest BCUT2D eigenvalue weighted by atomic mass is 10.2. The SMILES string of the molecule is Cc1cccc(OCCCn2c(C(C)NC(=O)COc3ccccc3)nc3ccccc32)c1. The van der Waals surface area contributed by atoms with Crippen LogP contribution in [0, 0.1) is 6.92 Å². The van der Waals surface area contributed by atoms with E-state index < -0.39 is 0 Å². The molecule has 1 N–H and O–H groups in total. The molecule has 170 valence electrons. The highest BCUT2D eigenvalue weighted by atomic mass is 16.5. The first-order valence-electron chi connectivity index (χ1n) is 11.2. The van der Waals surface area contributed by atoms with Crippen LogP contribution < -0.4 is 14.8 Å². The second-order valence-electron chi connectivity index (χ2n) is 8.02. The van der Waals surface area contributed by atoms with E-state index in [9.17, 15) is 4.79 Å². The molecule has 3 aromatic carbocycles. The molecule has 6 heteroatoms. The monoisotopic (exact) mass is 443 g/mol. The molecule has 0 aliphatic heterocycles. The maximum atomic E-state index is 12.5. The van der Waals surface area contributed by atoms with Crippen LogP contribution >= 0.6 is 0 Å². The van der Waals surface area contributed by atoms with Gasteiger partial charge in [-0.1, -0.05) is 42.5 Å². The Hall–Kier alpha value is -3.80. The summed E-state index contributed by atoms with van der Waals surface area (Å²) >= 11 is 0. The van der Waals surface area contributed by atoms with Crippen molar-refractivity contribution in [3.05, 3.63) is 90.3 Å². The molecule has 1 amide bonds. The summed E-state index contributed by atoms with van der Waals surface area (Å²) in [5.41, 5.74) is 3.13. The van der Waals surface area contributed by atoms with Crippen molar-refractivity contribution in [1.82, 2.24) is 14.9 Å². The summed E-state index contributed by atoms with van der Waals surface area (Å²) < 4.78 is 13.6. The van der Waals surface area contributed by atoms with Crippen LogP contribution in [0.2, 0.25) is 0 Å². The fourth-order valence-electron chi connectivity index (χ4n) is 3.79. The summed E-state index contributed by atoms with van der Waals surface area (Å²) in [6.07, 6.45) is 0.819. The number of fused-ring (bicyclic) bond motifs is 1. The lowest BCUT2D eigenvalue weighted by Crippen LogP contribution is -2.32. The second-order valence-corrected chi connectivity index (χ2v) is 8.02. The van der Waals surface area contributed by atoms with Crippen LogP contribution in [0.1, 0.15) is 30.8 Å². The van der Waals surface area contributed by atoms with Crippen LogP contribution in [0.5, 0.6) is 11.5 Å². The Morgan fingerprint density at radius 2 is 1.73 bits per heavy atom. The van der Waals surface area contributed by atoms with Crippen molar-refractivity contribution in [3.8, 4) is 11.5 Å². The summed E-state index contributed by atoms with van der Waals surface area (Å²) in [5.74, 6) is 2.18. The Bertz CT molecular complexity index is 1200. The van der Waals surface area contributed by atoms with E-state index in [4.69, 9.17) is 14.5 Å². The minimum atomic E-state index is -0.262. The number of amides is 1. The molecule has 0 aliphatic rings. The minimum absolute atomic E-state index is 0.0427. The van der Waals surface area contributed by atoms with Gasteiger partial charge in [-0.15, -0.1) is 0 Å². The number of ether oxygens (including phenoxy) is 2. The van der Waals surface area contributed by atoms with E-state index in [0.29, 0.717) is 12.4 Å². The molecule has 0 radical (unpaired) electrons. The Morgan fingerprint density at radius 1 is 0.970 bits per heavy atom. The molecule has 1 heterocycles. The highest BCUT2D eigenvalue weighted by molar-refractivity contribution is 5.79. The third-order valence-electron chi connectivity index (χ3n) is 5.35. The van der Waals surface area contributed by atoms with Crippen LogP contribution in [0.4, 0.5) is 0 Å². The molecule has 0 aliphatic carbocycles. The van der Waals surface area contributed by atoms with E-state index in [1.165, 1.54) is 5.56 Å².